The Kier molecular flexibility index (Phi) is 5.99. The van der Waals surface area contributed by atoms with Gasteiger partial charge in [0.05, 0.1) is 4.88 Å². The normalized spacial score (nSPS) is 11.0. The molecular formula is C23H22N2O4S. The molecular weight excluding hydrogens is 400 g/mol. The Balaban J connectivity index is 1.35. The third kappa shape index (κ3) is 4.80. The van der Waals surface area contributed by atoms with Gasteiger partial charge in [0, 0.05) is 5.56 Å². The summed E-state index contributed by atoms with van der Waals surface area (Å²) >= 11 is 1.06. The minimum atomic E-state index is -0.225. The topological polar surface area (TPSA) is 88.4 Å². The molecule has 30 heavy (non-hydrogen) atoms. The molecule has 0 aliphatic heterocycles. The lowest BCUT2D eigenvalue weighted by Gasteiger charge is -2.07. The number of nitrogens with one attached hydrogen (secondary N) is 1. The van der Waals surface area contributed by atoms with E-state index in [1.165, 1.54) is 0 Å². The van der Waals surface area contributed by atoms with E-state index in [1.54, 1.807) is 0 Å². The molecule has 0 radical (unpaired) electrons. The summed E-state index contributed by atoms with van der Waals surface area (Å²) in [7, 11) is 0. The second kappa shape index (κ2) is 9.00. The minimum absolute atomic E-state index is 0.0139. The average molecular weight is 423 g/mol. The summed E-state index contributed by atoms with van der Waals surface area (Å²) < 4.78 is 11.7. The number of benzene rings is 2. The maximum atomic E-state index is 11.3. The largest absolute Gasteiger partial charge is 0.494 e. The Bertz CT molecular complexity index is 1180. The number of hydrogen-bond acceptors (Lipinski definition) is 6. The average Bonchev–Trinajstić information content (AvgIpc) is 3.28. The Morgan fingerprint density at radius 3 is 2.73 bits per heavy atom. The minimum Gasteiger partial charge on any atom is -0.494 e. The molecule has 0 saturated heterocycles. The molecule has 0 saturated carbocycles. The zero-order valence-corrected chi connectivity index (χ0v) is 17.4. The van der Waals surface area contributed by atoms with E-state index in [-0.39, 0.29) is 10.8 Å². The predicted molar refractivity (Wildman–Crippen MR) is 116 cm³/mol. The van der Waals surface area contributed by atoms with Crippen molar-refractivity contribution in [3.8, 4) is 23.1 Å². The van der Waals surface area contributed by atoms with E-state index in [0.29, 0.717) is 23.8 Å². The van der Waals surface area contributed by atoms with Crippen LogP contribution in [0.2, 0.25) is 0 Å². The monoisotopic (exact) mass is 422 g/mol. The van der Waals surface area contributed by atoms with Crippen molar-refractivity contribution in [2.45, 2.75) is 32.8 Å². The zero-order valence-electron chi connectivity index (χ0n) is 16.6. The van der Waals surface area contributed by atoms with E-state index in [0.717, 1.165) is 52.5 Å². The van der Waals surface area contributed by atoms with Crippen molar-refractivity contribution in [1.29, 1.82) is 0 Å². The summed E-state index contributed by atoms with van der Waals surface area (Å²) in [5.74, 6) is 2.09. The van der Waals surface area contributed by atoms with Gasteiger partial charge in [-0.2, -0.15) is 0 Å². The summed E-state index contributed by atoms with van der Waals surface area (Å²) in [6, 6.07) is 17.7. The third-order valence-electron chi connectivity index (χ3n) is 4.76. The van der Waals surface area contributed by atoms with Crippen molar-refractivity contribution in [2.75, 3.05) is 0 Å². The van der Waals surface area contributed by atoms with Gasteiger partial charge in [-0.25, -0.2) is 4.98 Å². The van der Waals surface area contributed by atoms with E-state index in [9.17, 15) is 9.90 Å². The van der Waals surface area contributed by atoms with Gasteiger partial charge in [-0.1, -0.05) is 41.7 Å². The highest BCUT2D eigenvalue weighted by Crippen LogP contribution is 2.24. The molecule has 154 valence electrons. The molecule has 2 N–H and O–H groups in total. The van der Waals surface area contributed by atoms with E-state index >= 15 is 0 Å². The predicted octanol–water partition coefficient (Wildman–Crippen LogP) is 4.86. The second-order valence-corrected chi connectivity index (χ2v) is 8.03. The van der Waals surface area contributed by atoms with Crippen LogP contribution in [0.25, 0.3) is 11.5 Å². The highest BCUT2D eigenvalue weighted by atomic mass is 32.1. The number of rotatable bonds is 8. The molecule has 6 nitrogen and oxygen atoms in total. The van der Waals surface area contributed by atoms with Gasteiger partial charge in [-0.3, -0.25) is 9.78 Å². The van der Waals surface area contributed by atoms with Crippen molar-refractivity contribution in [1.82, 2.24) is 9.97 Å². The van der Waals surface area contributed by atoms with Crippen LogP contribution in [0.15, 0.2) is 63.8 Å². The molecule has 0 amide bonds. The fraction of sp³-hybridized carbons (Fsp3) is 0.217. The summed E-state index contributed by atoms with van der Waals surface area (Å²) in [4.78, 5) is 18.7. The van der Waals surface area contributed by atoms with Crippen molar-refractivity contribution in [3.05, 3.63) is 86.2 Å². The van der Waals surface area contributed by atoms with Gasteiger partial charge in [0.25, 0.3) is 0 Å². The van der Waals surface area contributed by atoms with Crippen LogP contribution in [0, 0.1) is 6.92 Å². The smallest absolute Gasteiger partial charge is 0.307 e. The summed E-state index contributed by atoms with van der Waals surface area (Å²) in [5.41, 5.74) is 2.85. The van der Waals surface area contributed by atoms with Crippen molar-refractivity contribution in [2.24, 2.45) is 0 Å². The van der Waals surface area contributed by atoms with E-state index in [4.69, 9.17) is 9.15 Å². The Morgan fingerprint density at radius 2 is 1.97 bits per heavy atom. The molecule has 0 bridgehead atoms. The van der Waals surface area contributed by atoms with Gasteiger partial charge in [-0.15, -0.1) is 0 Å². The molecule has 0 aliphatic carbocycles. The molecule has 2 aromatic heterocycles. The summed E-state index contributed by atoms with van der Waals surface area (Å²) in [6.45, 7) is 2.22. The van der Waals surface area contributed by atoms with Crippen LogP contribution >= 0.6 is 11.3 Å². The maximum absolute atomic E-state index is 11.3. The quantitative estimate of drug-likeness (QED) is 0.423. The van der Waals surface area contributed by atoms with Crippen LogP contribution in [0.1, 0.15) is 28.3 Å². The first-order chi connectivity index (χ1) is 14.6. The van der Waals surface area contributed by atoms with Crippen LogP contribution in [0.4, 0.5) is 0 Å². The number of aromatic nitrogens is 2. The number of aromatic amines is 1. The maximum Gasteiger partial charge on any atom is 0.307 e. The highest BCUT2D eigenvalue weighted by Gasteiger charge is 2.12. The molecule has 0 atom stereocenters. The van der Waals surface area contributed by atoms with E-state index in [2.05, 4.69) is 9.97 Å². The number of aromatic hydroxyl groups is 1. The molecule has 4 rings (SSSR count). The molecule has 4 aromatic rings. The van der Waals surface area contributed by atoms with Gasteiger partial charge in [0.15, 0.2) is 0 Å². The fourth-order valence-corrected chi connectivity index (χ4v) is 3.95. The van der Waals surface area contributed by atoms with Gasteiger partial charge in [-0.05, 0) is 56.0 Å². The first-order valence-corrected chi connectivity index (χ1v) is 10.5. The standard InChI is InChI=1S/C23H22N2O4S/c1-15-19(24-22(29-15)17-9-3-2-4-10-17)14-28-18-11-5-7-16(13-18)8-6-12-20-21(26)25-23(27)30-20/h2-5,7,9-11,13,26H,6,8,12,14H2,1H3,(H,25,27). The highest BCUT2D eigenvalue weighted by molar-refractivity contribution is 7.09. The van der Waals surface area contributed by atoms with Crippen LogP contribution in [0.3, 0.4) is 0 Å². The molecule has 0 aliphatic rings. The van der Waals surface area contributed by atoms with E-state index < -0.39 is 0 Å². The number of H-pyrrole nitrogens is 1. The first kappa shape index (κ1) is 20.0. The van der Waals surface area contributed by atoms with Gasteiger partial charge in [0.2, 0.25) is 11.8 Å². The van der Waals surface area contributed by atoms with Gasteiger partial charge in [0.1, 0.15) is 23.8 Å². The van der Waals surface area contributed by atoms with Crippen molar-refractivity contribution in [3.63, 3.8) is 0 Å². The summed E-state index contributed by atoms with van der Waals surface area (Å²) in [5, 5.41) is 9.67. The lowest BCUT2D eigenvalue weighted by molar-refractivity contribution is 0.299. The Labute approximate surface area is 177 Å². The van der Waals surface area contributed by atoms with E-state index in [1.807, 2.05) is 61.5 Å². The molecule has 0 unspecified atom stereocenters. The molecule has 2 heterocycles. The molecule has 7 heteroatoms. The number of oxazole rings is 1. The molecule has 0 spiro atoms. The Hall–Kier alpha value is -3.32. The SMILES string of the molecule is Cc1oc(-c2ccccc2)nc1COc1cccc(CCCc2sc(=O)[nH]c2O)c1. The van der Waals surface area contributed by atoms with Gasteiger partial charge < -0.3 is 14.3 Å². The first-order valence-electron chi connectivity index (χ1n) is 9.73. The van der Waals surface area contributed by atoms with Crippen LogP contribution < -0.4 is 9.61 Å². The number of hydrogen-bond donors (Lipinski definition) is 2. The number of thiazole rings is 1. The Morgan fingerprint density at radius 1 is 1.13 bits per heavy atom. The number of ether oxygens (including phenoxy) is 1. The number of nitrogens with zero attached hydrogens (tertiary/aromatic N) is 1. The van der Waals surface area contributed by atoms with Crippen molar-refractivity contribution < 1.29 is 14.3 Å². The fourth-order valence-electron chi connectivity index (χ4n) is 3.18. The second-order valence-electron chi connectivity index (χ2n) is 6.96. The van der Waals surface area contributed by atoms with Crippen molar-refractivity contribution >= 4 is 11.3 Å². The van der Waals surface area contributed by atoms with Crippen LogP contribution in [-0.2, 0) is 19.4 Å². The lowest BCUT2D eigenvalue weighted by Crippen LogP contribution is -1.98. The van der Waals surface area contributed by atoms with Crippen LogP contribution in [-0.4, -0.2) is 15.1 Å². The summed E-state index contributed by atoms with van der Waals surface area (Å²) in [6.07, 6.45) is 2.30. The zero-order chi connectivity index (χ0) is 20.9. The molecule has 2 aromatic carbocycles. The lowest BCUT2D eigenvalue weighted by atomic mass is 10.1. The molecule has 0 fully saturated rings. The van der Waals surface area contributed by atoms with Gasteiger partial charge >= 0.3 is 4.87 Å². The number of aryl methyl sites for hydroxylation is 3. The van der Waals surface area contributed by atoms with Crippen LogP contribution in [0.5, 0.6) is 11.6 Å². The third-order valence-corrected chi connectivity index (χ3v) is 5.69.